The van der Waals surface area contributed by atoms with Crippen LogP contribution < -0.4 is 5.32 Å². The molecule has 0 radical (unpaired) electrons. The summed E-state index contributed by atoms with van der Waals surface area (Å²) in [7, 11) is -3.63. The number of carbonyl (C=O) groups is 1. The van der Waals surface area contributed by atoms with E-state index in [1.54, 1.807) is 24.3 Å². The predicted octanol–water partition coefficient (Wildman–Crippen LogP) is 3.36. The molecule has 1 unspecified atom stereocenters. The van der Waals surface area contributed by atoms with Gasteiger partial charge in [-0.25, -0.2) is 13.4 Å². The van der Waals surface area contributed by atoms with Crippen LogP contribution in [0.4, 0.5) is 5.95 Å². The smallest absolute Gasteiger partial charge is 0.243 e. The van der Waals surface area contributed by atoms with Crippen LogP contribution in [0, 0.1) is 5.92 Å². The topological polar surface area (TPSA) is 95.2 Å². The highest BCUT2D eigenvalue weighted by molar-refractivity contribution is 9.10. The van der Waals surface area contributed by atoms with Crippen molar-refractivity contribution in [2.45, 2.75) is 17.7 Å². The van der Waals surface area contributed by atoms with Crippen LogP contribution in [0.5, 0.6) is 0 Å². The molecule has 2 heterocycles. The first kappa shape index (κ1) is 19.1. The van der Waals surface area contributed by atoms with Crippen LogP contribution in [0.25, 0.3) is 11.0 Å². The summed E-state index contributed by atoms with van der Waals surface area (Å²) in [6, 6.07) is 14.0. The highest BCUT2D eigenvalue weighted by Gasteiger charge is 2.33. The first-order chi connectivity index (χ1) is 13.4. The third-order valence-corrected chi connectivity index (χ3v) is 7.25. The number of aromatic nitrogens is 2. The number of nitrogens with one attached hydrogen (secondary N) is 2. The fraction of sp³-hybridized carbons (Fsp3) is 0.263. The Balaban J connectivity index is 1.48. The summed E-state index contributed by atoms with van der Waals surface area (Å²) in [4.78, 5) is 20.3. The molecule has 28 heavy (non-hydrogen) atoms. The third kappa shape index (κ3) is 3.82. The summed E-state index contributed by atoms with van der Waals surface area (Å²) in [5.74, 6) is -0.277. The number of rotatable bonds is 4. The van der Waals surface area contributed by atoms with Crippen molar-refractivity contribution in [3.05, 3.63) is 53.0 Å². The highest BCUT2D eigenvalue weighted by Crippen LogP contribution is 2.25. The van der Waals surface area contributed by atoms with Gasteiger partial charge >= 0.3 is 0 Å². The number of hydrogen-bond acceptors (Lipinski definition) is 4. The SMILES string of the molecule is O=C(Nc1nc2ccccc2[nH]1)C1CCCN(S(=O)(=O)c2ccc(Br)cc2)C1. The molecule has 9 heteroatoms. The van der Waals surface area contributed by atoms with Gasteiger partial charge in [-0.15, -0.1) is 0 Å². The Morgan fingerprint density at radius 2 is 1.93 bits per heavy atom. The minimum atomic E-state index is -3.63. The maximum absolute atomic E-state index is 12.9. The molecule has 0 bridgehead atoms. The number of benzene rings is 2. The van der Waals surface area contributed by atoms with Crippen molar-refractivity contribution in [3.63, 3.8) is 0 Å². The molecule has 4 rings (SSSR count). The fourth-order valence-corrected chi connectivity index (χ4v) is 5.15. The molecule has 0 spiro atoms. The second-order valence-electron chi connectivity index (χ2n) is 6.75. The number of halogens is 1. The summed E-state index contributed by atoms with van der Waals surface area (Å²) < 4.78 is 28.0. The van der Waals surface area contributed by atoms with E-state index in [1.807, 2.05) is 24.3 Å². The Morgan fingerprint density at radius 1 is 1.18 bits per heavy atom. The molecular formula is C19H19BrN4O3S. The molecule has 2 aromatic carbocycles. The van der Waals surface area contributed by atoms with Gasteiger partial charge < -0.3 is 4.98 Å². The van der Waals surface area contributed by atoms with Gasteiger partial charge in [0.1, 0.15) is 0 Å². The number of nitrogens with zero attached hydrogens (tertiary/aromatic N) is 2. The third-order valence-electron chi connectivity index (χ3n) is 4.84. The molecule has 1 aliphatic heterocycles. The minimum absolute atomic E-state index is 0.157. The van der Waals surface area contributed by atoms with Crippen molar-refractivity contribution in [3.8, 4) is 0 Å². The van der Waals surface area contributed by atoms with Gasteiger partial charge in [0, 0.05) is 17.6 Å². The van der Waals surface area contributed by atoms with E-state index in [2.05, 4.69) is 31.2 Å². The Kier molecular flexibility index (Phi) is 5.22. The van der Waals surface area contributed by atoms with Crippen LogP contribution in [-0.2, 0) is 14.8 Å². The van der Waals surface area contributed by atoms with E-state index in [-0.39, 0.29) is 17.3 Å². The molecule has 1 atom stereocenters. The summed E-state index contributed by atoms with van der Waals surface area (Å²) in [5, 5.41) is 2.79. The van der Waals surface area contributed by atoms with Crippen LogP contribution >= 0.6 is 15.9 Å². The number of para-hydroxylation sites is 2. The van der Waals surface area contributed by atoms with Crippen molar-refractivity contribution >= 4 is 48.8 Å². The van der Waals surface area contributed by atoms with Crippen molar-refractivity contribution < 1.29 is 13.2 Å². The summed E-state index contributed by atoms with van der Waals surface area (Å²) in [6.45, 7) is 0.567. The first-order valence-corrected chi connectivity index (χ1v) is 11.2. The van der Waals surface area contributed by atoms with Crippen LogP contribution in [0.3, 0.4) is 0 Å². The molecule has 1 aromatic heterocycles. The zero-order chi connectivity index (χ0) is 19.7. The average molecular weight is 463 g/mol. The Hall–Kier alpha value is -2.23. The fourth-order valence-electron chi connectivity index (χ4n) is 3.36. The van der Waals surface area contributed by atoms with E-state index in [0.29, 0.717) is 25.3 Å². The van der Waals surface area contributed by atoms with Gasteiger partial charge in [-0.2, -0.15) is 4.31 Å². The van der Waals surface area contributed by atoms with Crippen molar-refractivity contribution in [2.24, 2.45) is 5.92 Å². The predicted molar refractivity (Wildman–Crippen MR) is 110 cm³/mol. The second-order valence-corrected chi connectivity index (χ2v) is 9.60. The summed E-state index contributed by atoms with van der Waals surface area (Å²) >= 11 is 3.31. The molecule has 146 valence electrons. The summed E-state index contributed by atoms with van der Waals surface area (Å²) in [5.41, 5.74) is 1.60. The number of sulfonamides is 1. The van der Waals surface area contributed by atoms with Crippen LogP contribution in [0.15, 0.2) is 57.9 Å². The summed E-state index contributed by atoms with van der Waals surface area (Å²) in [6.07, 6.45) is 1.27. The van der Waals surface area contributed by atoms with Gasteiger partial charge in [-0.3, -0.25) is 10.1 Å². The van der Waals surface area contributed by atoms with E-state index in [9.17, 15) is 13.2 Å². The van der Waals surface area contributed by atoms with Gasteiger partial charge in [0.2, 0.25) is 21.9 Å². The number of aromatic amines is 1. The zero-order valence-electron chi connectivity index (χ0n) is 14.9. The van der Waals surface area contributed by atoms with Crippen molar-refractivity contribution in [2.75, 3.05) is 18.4 Å². The van der Waals surface area contributed by atoms with Crippen molar-refractivity contribution in [1.82, 2.24) is 14.3 Å². The lowest BCUT2D eigenvalue weighted by Gasteiger charge is -2.31. The maximum atomic E-state index is 12.9. The number of fused-ring (bicyclic) bond motifs is 1. The average Bonchev–Trinajstić information content (AvgIpc) is 3.10. The van der Waals surface area contributed by atoms with Crippen LogP contribution in [0.1, 0.15) is 12.8 Å². The highest BCUT2D eigenvalue weighted by atomic mass is 79.9. The quantitative estimate of drug-likeness (QED) is 0.621. The number of H-pyrrole nitrogens is 1. The van der Waals surface area contributed by atoms with E-state index >= 15 is 0 Å². The molecule has 1 aliphatic rings. The maximum Gasteiger partial charge on any atom is 0.243 e. The number of imidazole rings is 1. The number of hydrogen-bond donors (Lipinski definition) is 2. The van der Waals surface area contributed by atoms with Gasteiger partial charge in [0.15, 0.2) is 0 Å². The zero-order valence-corrected chi connectivity index (χ0v) is 17.3. The van der Waals surface area contributed by atoms with Crippen molar-refractivity contribution in [1.29, 1.82) is 0 Å². The van der Waals surface area contributed by atoms with Gasteiger partial charge in [0.25, 0.3) is 0 Å². The lowest BCUT2D eigenvalue weighted by molar-refractivity contribution is -0.120. The van der Waals surface area contributed by atoms with Gasteiger partial charge in [-0.1, -0.05) is 28.1 Å². The molecular weight excluding hydrogens is 444 g/mol. The number of amides is 1. The molecule has 1 saturated heterocycles. The van der Waals surface area contributed by atoms with E-state index in [0.717, 1.165) is 15.5 Å². The molecule has 1 fully saturated rings. The molecule has 7 nitrogen and oxygen atoms in total. The second kappa shape index (κ2) is 7.65. The first-order valence-electron chi connectivity index (χ1n) is 8.95. The van der Waals surface area contributed by atoms with E-state index in [1.165, 1.54) is 4.31 Å². The Morgan fingerprint density at radius 3 is 2.68 bits per heavy atom. The standard InChI is InChI=1S/C19H19BrN4O3S/c20-14-7-9-15(10-8-14)28(26,27)24-11-3-4-13(12-24)18(25)23-19-21-16-5-1-2-6-17(16)22-19/h1-2,5-10,13H,3-4,11-12H2,(H2,21,22,23,25). The largest absolute Gasteiger partial charge is 0.324 e. The minimum Gasteiger partial charge on any atom is -0.324 e. The lowest BCUT2D eigenvalue weighted by atomic mass is 9.99. The lowest BCUT2D eigenvalue weighted by Crippen LogP contribution is -2.43. The van der Waals surface area contributed by atoms with Gasteiger partial charge in [0.05, 0.1) is 21.8 Å². The molecule has 2 N–H and O–H groups in total. The van der Waals surface area contributed by atoms with Crippen LogP contribution in [-0.4, -0.2) is 41.7 Å². The number of piperidine rings is 1. The van der Waals surface area contributed by atoms with E-state index in [4.69, 9.17) is 0 Å². The molecule has 0 saturated carbocycles. The Labute approximate surface area is 171 Å². The van der Waals surface area contributed by atoms with Crippen LogP contribution in [0.2, 0.25) is 0 Å². The molecule has 3 aromatic rings. The normalized spacial score (nSPS) is 18.2. The number of carbonyl (C=O) groups excluding carboxylic acids is 1. The van der Waals surface area contributed by atoms with E-state index < -0.39 is 15.9 Å². The monoisotopic (exact) mass is 462 g/mol. The van der Waals surface area contributed by atoms with Gasteiger partial charge in [-0.05, 0) is 49.2 Å². The Bertz CT molecular complexity index is 1080. The molecule has 0 aliphatic carbocycles. The number of anilines is 1. The molecule has 1 amide bonds.